The second-order valence-electron chi connectivity index (χ2n) is 2.28. The molecule has 0 aliphatic heterocycles. The topological polar surface area (TPSA) is 46.5 Å². The van der Waals surface area contributed by atoms with Crippen molar-refractivity contribution in [2.45, 2.75) is 0 Å². The first-order chi connectivity index (χ1) is 6.06. The van der Waals surface area contributed by atoms with Gasteiger partial charge in [0.1, 0.15) is 17.1 Å². The van der Waals surface area contributed by atoms with E-state index in [-0.39, 0.29) is 11.3 Å². The molecule has 0 saturated heterocycles. The maximum atomic E-state index is 13.1. The molecule has 1 aromatic rings. The lowest BCUT2D eigenvalue weighted by Crippen LogP contribution is -2.06. The molecule has 1 rings (SSSR count). The van der Waals surface area contributed by atoms with E-state index in [4.69, 9.17) is 5.11 Å². The second-order valence-corrected chi connectivity index (χ2v) is 3.44. The van der Waals surface area contributed by atoms with Gasteiger partial charge in [-0.05, 0) is 28.7 Å². The molecule has 1 N–H and O–H groups in total. The Morgan fingerprint density at radius 3 is 2.69 bits per heavy atom. The fraction of sp³-hybridized carbons (Fsp3) is 0.125. The third-order valence-electron chi connectivity index (χ3n) is 1.42. The third kappa shape index (κ3) is 2.09. The van der Waals surface area contributed by atoms with Crippen molar-refractivity contribution < 1.29 is 19.0 Å². The summed E-state index contributed by atoms with van der Waals surface area (Å²) >= 11 is 1.75. The predicted molar refractivity (Wildman–Crippen MR) is 52.1 cm³/mol. The Morgan fingerprint density at radius 2 is 2.23 bits per heavy atom. The molecule has 1 aromatic carbocycles. The average Bonchev–Trinajstić information content (AvgIpc) is 2.02. The molecular formula is C8H6FIO3. The van der Waals surface area contributed by atoms with Crippen molar-refractivity contribution in [3.63, 3.8) is 0 Å². The fourth-order valence-corrected chi connectivity index (χ4v) is 1.65. The predicted octanol–water partition coefficient (Wildman–Crippen LogP) is 1.92. The minimum atomic E-state index is -0.781. The van der Waals surface area contributed by atoms with E-state index in [1.54, 1.807) is 22.6 Å². The SMILES string of the molecule is COC(=O)c1c(F)cc(O)cc1I. The Morgan fingerprint density at radius 1 is 1.62 bits per heavy atom. The summed E-state index contributed by atoms with van der Waals surface area (Å²) in [6.07, 6.45) is 0. The molecule has 0 spiro atoms. The Bertz CT molecular complexity index is 328. The largest absolute Gasteiger partial charge is 0.508 e. The Hall–Kier alpha value is -0.850. The van der Waals surface area contributed by atoms with Crippen LogP contribution >= 0.6 is 22.6 Å². The van der Waals surface area contributed by atoms with Crippen LogP contribution in [0.15, 0.2) is 12.1 Å². The number of aromatic hydroxyl groups is 1. The smallest absolute Gasteiger partial charge is 0.341 e. The molecule has 13 heavy (non-hydrogen) atoms. The molecule has 70 valence electrons. The lowest BCUT2D eigenvalue weighted by atomic mass is 10.2. The summed E-state index contributed by atoms with van der Waals surface area (Å²) in [4.78, 5) is 11.0. The Labute approximate surface area is 87.7 Å². The highest BCUT2D eigenvalue weighted by molar-refractivity contribution is 14.1. The quantitative estimate of drug-likeness (QED) is 0.636. The molecule has 0 saturated carbocycles. The number of carbonyl (C=O) groups is 1. The van der Waals surface area contributed by atoms with Gasteiger partial charge in [-0.1, -0.05) is 0 Å². The number of halogens is 2. The van der Waals surface area contributed by atoms with E-state index in [0.717, 1.165) is 6.07 Å². The highest BCUT2D eigenvalue weighted by Crippen LogP contribution is 2.22. The van der Waals surface area contributed by atoms with Crippen molar-refractivity contribution in [3.8, 4) is 5.75 Å². The number of benzene rings is 1. The summed E-state index contributed by atoms with van der Waals surface area (Å²) in [5.74, 6) is -1.74. The molecule has 5 heteroatoms. The molecule has 0 heterocycles. The van der Waals surface area contributed by atoms with Gasteiger partial charge in [-0.15, -0.1) is 0 Å². The molecule has 0 aliphatic carbocycles. The number of esters is 1. The van der Waals surface area contributed by atoms with Crippen LogP contribution in [0.25, 0.3) is 0 Å². The van der Waals surface area contributed by atoms with Gasteiger partial charge in [0, 0.05) is 9.64 Å². The summed E-state index contributed by atoms with van der Waals surface area (Å²) in [7, 11) is 1.17. The minimum Gasteiger partial charge on any atom is -0.508 e. The molecule has 0 atom stereocenters. The zero-order valence-corrected chi connectivity index (χ0v) is 8.83. The van der Waals surface area contributed by atoms with E-state index >= 15 is 0 Å². The van der Waals surface area contributed by atoms with Crippen molar-refractivity contribution in [1.82, 2.24) is 0 Å². The van der Waals surface area contributed by atoms with E-state index in [1.165, 1.54) is 13.2 Å². The molecule has 0 bridgehead atoms. The molecule has 0 fully saturated rings. The number of methoxy groups -OCH3 is 1. The first-order valence-electron chi connectivity index (χ1n) is 3.32. The van der Waals surface area contributed by atoms with Gasteiger partial charge in [0.25, 0.3) is 0 Å². The summed E-state index contributed by atoms with van der Waals surface area (Å²) in [5.41, 5.74) is -0.152. The summed E-state index contributed by atoms with van der Waals surface area (Å²) in [5, 5.41) is 8.98. The van der Waals surface area contributed by atoms with Crippen molar-refractivity contribution in [3.05, 3.63) is 27.1 Å². The van der Waals surface area contributed by atoms with Crippen molar-refractivity contribution in [2.75, 3.05) is 7.11 Å². The zero-order chi connectivity index (χ0) is 10.0. The molecular weight excluding hydrogens is 290 g/mol. The average molecular weight is 296 g/mol. The molecule has 0 radical (unpaired) electrons. The van der Waals surface area contributed by atoms with Crippen LogP contribution < -0.4 is 0 Å². The highest BCUT2D eigenvalue weighted by Gasteiger charge is 2.16. The Balaban J connectivity index is 3.28. The van der Waals surface area contributed by atoms with Gasteiger partial charge in [0.05, 0.1) is 7.11 Å². The zero-order valence-electron chi connectivity index (χ0n) is 6.67. The van der Waals surface area contributed by atoms with Gasteiger partial charge < -0.3 is 9.84 Å². The normalized spacial score (nSPS) is 9.77. The first kappa shape index (κ1) is 10.2. The van der Waals surface area contributed by atoms with Gasteiger partial charge in [0.15, 0.2) is 0 Å². The van der Waals surface area contributed by atoms with E-state index in [2.05, 4.69) is 4.74 Å². The van der Waals surface area contributed by atoms with Crippen molar-refractivity contribution in [2.24, 2.45) is 0 Å². The molecule has 0 unspecified atom stereocenters. The number of carbonyl (C=O) groups excluding carboxylic acids is 1. The monoisotopic (exact) mass is 296 g/mol. The van der Waals surface area contributed by atoms with Crippen LogP contribution in [0.2, 0.25) is 0 Å². The number of ether oxygens (including phenoxy) is 1. The van der Waals surface area contributed by atoms with Crippen molar-refractivity contribution >= 4 is 28.6 Å². The number of hydrogen-bond acceptors (Lipinski definition) is 3. The van der Waals surface area contributed by atoms with Gasteiger partial charge >= 0.3 is 5.97 Å². The van der Waals surface area contributed by atoms with Gasteiger partial charge in [-0.3, -0.25) is 0 Å². The maximum absolute atomic E-state index is 13.1. The van der Waals surface area contributed by atoms with E-state index in [9.17, 15) is 9.18 Å². The molecule has 0 amide bonds. The number of phenols is 1. The Kier molecular flexibility index (Phi) is 3.07. The lowest BCUT2D eigenvalue weighted by Gasteiger charge is -2.04. The van der Waals surface area contributed by atoms with Crippen LogP contribution in [-0.2, 0) is 4.74 Å². The molecule has 0 aromatic heterocycles. The second kappa shape index (κ2) is 3.91. The van der Waals surface area contributed by atoms with Crippen LogP contribution in [0.3, 0.4) is 0 Å². The van der Waals surface area contributed by atoms with Gasteiger partial charge in [-0.25, -0.2) is 9.18 Å². The highest BCUT2D eigenvalue weighted by atomic mass is 127. The molecule has 0 aliphatic rings. The number of hydrogen-bond donors (Lipinski definition) is 1. The van der Waals surface area contributed by atoms with Crippen molar-refractivity contribution in [1.29, 1.82) is 0 Å². The standard InChI is InChI=1S/C8H6FIO3/c1-13-8(12)7-5(9)2-4(11)3-6(7)10/h2-3,11H,1H3. The maximum Gasteiger partial charge on any atom is 0.341 e. The summed E-state index contributed by atoms with van der Waals surface area (Å²) in [6.45, 7) is 0. The van der Waals surface area contributed by atoms with Crippen LogP contribution in [0.5, 0.6) is 5.75 Å². The van der Waals surface area contributed by atoms with E-state index in [0.29, 0.717) is 3.57 Å². The summed E-state index contributed by atoms with van der Waals surface area (Å²) in [6, 6.07) is 2.16. The van der Waals surface area contributed by atoms with E-state index < -0.39 is 11.8 Å². The van der Waals surface area contributed by atoms with Crippen LogP contribution in [0.1, 0.15) is 10.4 Å². The van der Waals surface area contributed by atoms with Gasteiger partial charge in [-0.2, -0.15) is 0 Å². The first-order valence-corrected chi connectivity index (χ1v) is 4.40. The summed E-state index contributed by atoms with van der Waals surface area (Å²) < 4.78 is 17.8. The van der Waals surface area contributed by atoms with Crippen LogP contribution in [0, 0.1) is 9.39 Å². The van der Waals surface area contributed by atoms with Crippen LogP contribution in [-0.4, -0.2) is 18.2 Å². The number of phenolic OH excluding ortho intramolecular Hbond substituents is 1. The molecule has 3 nitrogen and oxygen atoms in total. The van der Waals surface area contributed by atoms with Crippen LogP contribution in [0.4, 0.5) is 4.39 Å². The third-order valence-corrected chi connectivity index (χ3v) is 2.27. The van der Waals surface area contributed by atoms with E-state index in [1.807, 2.05) is 0 Å². The lowest BCUT2D eigenvalue weighted by molar-refractivity contribution is 0.0594. The fourth-order valence-electron chi connectivity index (χ4n) is 0.857. The number of rotatable bonds is 1. The van der Waals surface area contributed by atoms with Gasteiger partial charge in [0.2, 0.25) is 0 Å². The minimum absolute atomic E-state index is 0.152.